The van der Waals surface area contributed by atoms with Gasteiger partial charge in [-0.15, -0.1) is 0 Å². The number of aryl methyl sites for hydroxylation is 1. The zero-order chi connectivity index (χ0) is 20.3. The van der Waals surface area contributed by atoms with Crippen LogP contribution in [0.3, 0.4) is 0 Å². The summed E-state index contributed by atoms with van der Waals surface area (Å²) < 4.78 is 0. The molecule has 0 saturated heterocycles. The summed E-state index contributed by atoms with van der Waals surface area (Å²) in [4.78, 5) is 0. The first kappa shape index (κ1) is 19.4. The Labute approximate surface area is 169 Å². The van der Waals surface area contributed by atoms with Crippen LogP contribution < -0.4 is 0 Å². The van der Waals surface area contributed by atoms with E-state index >= 15 is 0 Å². The van der Waals surface area contributed by atoms with Gasteiger partial charge in [-0.1, -0.05) is 58.2 Å². The van der Waals surface area contributed by atoms with Crippen LogP contribution in [0.1, 0.15) is 80.7 Å². The van der Waals surface area contributed by atoms with Crippen molar-refractivity contribution in [1.29, 1.82) is 0 Å². The first-order valence-corrected chi connectivity index (χ1v) is 10.9. The van der Waals surface area contributed by atoms with E-state index in [4.69, 9.17) is 0 Å². The van der Waals surface area contributed by atoms with Crippen molar-refractivity contribution in [3.63, 3.8) is 0 Å². The fraction of sp³-hybridized carbons (Fsp3) is 0.538. The van der Waals surface area contributed by atoms with Gasteiger partial charge in [0.25, 0.3) is 0 Å². The minimum atomic E-state index is -0.0576. The second-order valence-electron chi connectivity index (χ2n) is 9.65. The Morgan fingerprint density at radius 2 is 1.57 bits per heavy atom. The first-order chi connectivity index (χ1) is 13.2. The molecule has 2 nitrogen and oxygen atoms in total. The molecule has 2 aliphatic rings. The van der Waals surface area contributed by atoms with Gasteiger partial charge < -0.3 is 10.2 Å². The maximum Gasteiger partial charge on any atom is 0.118 e. The Hall–Kier alpha value is -1.96. The summed E-state index contributed by atoms with van der Waals surface area (Å²) in [6, 6.07) is 10.3. The molecular weight excluding hydrogens is 344 g/mol. The van der Waals surface area contributed by atoms with Crippen molar-refractivity contribution in [3.8, 4) is 11.5 Å². The molecule has 0 aromatic heterocycles. The lowest BCUT2D eigenvalue weighted by Gasteiger charge is -2.29. The fourth-order valence-corrected chi connectivity index (χ4v) is 6.98. The average Bonchev–Trinajstić information content (AvgIpc) is 2.98. The third-order valence-corrected chi connectivity index (χ3v) is 8.35. The Morgan fingerprint density at radius 1 is 0.929 bits per heavy atom. The summed E-state index contributed by atoms with van der Waals surface area (Å²) >= 11 is 0. The van der Waals surface area contributed by atoms with Crippen LogP contribution in [0.5, 0.6) is 11.5 Å². The van der Waals surface area contributed by atoms with Crippen LogP contribution in [0.2, 0.25) is 0 Å². The van der Waals surface area contributed by atoms with E-state index in [2.05, 4.69) is 45.9 Å². The molecule has 1 unspecified atom stereocenters. The lowest BCUT2D eigenvalue weighted by molar-refractivity contribution is 0.391. The topological polar surface area (TPSA) is 40.5 Å². The van der Waals surface area contributed by atoms with Gasteiger partial charge in [-0.05, 0) is 83.9 Å². The molecule has 1 spiro atoms. The minimum absolute atomic E-state index is 0.0576. The maximum atomic E-state index is 10.4. The van der Waals surface area contributed by atoms with Gasteiger partial charge in [0.05, 0.1) is 0 Å². The van der Waals surface area contributed by atoms with Crippen LogP contribution in [-0.4, -0.2) is 10.2 Å². The molecule has 0 bridgehead atoms. The standard InChI is InChI=1S/C26H34O2/c1-6-9-20-18(3)23(28)13-11-21(20)26(19-10-12-22(27)17(2)16-19)24(4,5)25(26)14-7-8-15-25/h10-13,16,27-28H,6-9,14-15H2,1-5H3. The van der Waals surface area contributed by atoms with Crippen molar-refractivity contribution in [3.05, 3.63) is 58.1 Å². The predicted molar refractivity (Wildman–Crippen MR) is 115 cm³/mol. The third-order valence-electron chi connectivity index (χ3n) is 8.35. The van der Waals surface area contributed by atoms with Crippen molar-refractivity contribution >= 4 is 0 Å². The highest BCUT2D eigenvalue weighted by Crippen LogP contribution is 2.86. The average molecular weight is 379 g/mol. The van der Waals surface area contributed by atoms with Crippen molar-refractivity contribution in [2.24, 2.45) is 10.8 Å². The van der Waals surface area contributed by atoms with Crippen LogP contribution in [0, 0.1) is 24.7 Å². The molecule has 150 valence electrons. The quantitative estimate of drug-likeness (QED) is 0.633. The van der Waals surface area contributed by atoms with Crippen molar-refractivity contribution in [2.75, 3.05) is 0 Å². The summed E-state index contributed by atoms with van der Waals surface area (Å²) in [5.74, 6) is 0.775. The number of phenolic OH excluding ortho intramolecular Hbond substituents is 2. The summed E-state index contributed by atoms with van der Waals surface area (Å²) in [6.07, 6.45) is 7.15. The molecule has 2 fully saturated rings. The van der Waals surface area contributed by atoms with Crippen molar-refractivity contribution in [1.82, 2.24) is 0 Å². The monoisotopic (exact) mass is 378 g/mol. The van der Waals surface area contributed by atoms with Gasteiger partial charge in [-0.2, -0.15) is 0 Å². The van der Waals surface area contributed by atoms with E-state index in [9.17, 15) is 10.2 Å². The summed E-state index contributed by atoms with van der Waals surface area (Å²) in [6.45, 7) is 11.2. The molecule has 2 saturated carbocycles. The van der Waals surface area contributed by atoms with Gasteiger partial charge >= 0.3 is 0 Å². The molecule has 0 radical (unpaired) electrons. The highest BCUT2D eigenvalue weighted by molar-refractivity contribution is 5.62. The van der Waals surface area contributed by atoms with Crippen LogP contribution in [-0.2, 0) is 11.8 Å². The van der Waals surface area contributed by atoms with E-state index in [1.165, 1.54) is 42.4 Å². The molecule has 2 aliphatic carbocycles. The van der Waals surface area contributed by atoms with Gasteiger partial charge in [-0.25, -0.2) is 0 Å². The van der Waals surface area contributed by atoms with Crippen molar-refractivity contribution < 1.29 is 10.2 Å². The number of benzene rings is 2. The Morgan fingerprint density at radius 3 is 2.18 bits per heavy atom. The normalized spacial score (nSPS) is 24.6. The molecule has 2 aromatic carbocycles. The fourth-order valence-electron chi connectivity index (χ4n) is 6.98. The maximum absolute atomic E-state index is 10.4. The largest absolute Gasteiger partial charge is 0.508 e. The number of hydrogen-bond acceptors (Lipinski definition) is 2. The van der Waals surface area contributed by atoms with Gasteiger partial charge in [0.1, 0.15) is 11.5 Å². The van der Waals surface area contributed by atoms with Crippen LogP contribution in [0.25, 0.3) is 0 Å². The Kier molecular flexibility index (Phi) is 4.34. The summed E-state index contributed by atoms with van der Waals surface area (Å²) in [7, 11) is 0. The van der Waals surface area contributed by atoms with E-state index < -0.39 is 0 Å². The molecule has 28 heavy (non-hydrogen) atoms. The van der Waals surface area contributed by atoms with E-state index in [1.807, 2.05) is 19.1 Å². The smallest absolute Gasteiger partial charge is 0.118 e. The minimum Gasteiger partial charge on any atom is -0.508 e. The van der Waals surface area contributed by atoms with E-state index in [-0.39, 0.29) is 16.2 Å². The zero-order valence-corrected chi connectivity index (χ0v) is 18.0. The van der Waals surface area contributed by atoms with E-state index in [1.54, 1.807) is 0 Å². The third kappa shape index (κ3) is 2.15. The zero-order valence-electron chi connectivity index (χ0n) is 18.0. The summed E-state index contributed by atoms with van der Waals surface area (Å²) in [5.41, 5.74) is 6.38. The lowest BCUT2D eigenvalue weighted by atomic mass is 9.74. The SMILES string of the molecule is CCCc1c(C2(c3ccc(O)c(C)c3)C(C)(C)C23CCCC3)ccc(O)c1C. The van der Waals surface area contributed by atoms with Gasteiger partial charge in [0.2, 0.25) is 0 Å². The Bertz CT molecular complexity index is 918. The lowest BCUT2D eigenvalue weighted by Crippen LogP contribution is -2.22. The van der Waals surface area contributed by atoms with Crippen LogP contribution >= 0.6 is 0 Å². The van der Waals surface area contributed by atoms with Gasteiger partial charge in [0.15, 0.2) is 0 Å². The number of aromatic hydroxyl groups is 2. The number of rotatable bonds is 4. The molecule has 1 atom stereocenters. The second kappa shape index (κ2) is 6.27. The number of phenols is 2. The van der Waals surface area contributed by atoms with Gasteiger partial charge in [0, 0.05) is 5.41 Å². The van der Waals surface area contributed by atoms with Crippen molar-refractivity contribution in [2.45, 2.75) is 78.6 Å². The molecule has 2 aromatic rings. The second-order valence-corrected chi connectivity index (χ2v) is 9.65. The molecule has 0 heterocycles. The predicted octanol–water partition coefficient (Wildman–Crippen LogP) is 6.55. The van der Waals surface area contributed by atoms with Gasteiger partial charge in [-0.3, -0.25) is 0 Å². The highest BCUT2D eigenvalue weighted by Gasteiger charge is 2.82. The molecule has 2 heteroatoms. The molecule has 0 aliphatic heterocycles. The molecular formula is C26H34O2. The number of hydrogen-bond donors (Lipinski definition) is 2. The van der Waals surface area contributed by atoms with Crippen LogP contribution in [0.15, 0.2) is 30.3 Å². The van der Waals surface area contributed by atoms with E-state index in [0.29, 0.717) is 11.5 Å². The molecule has 0 amide bonds. The molecule has 2 N–H and O–H groups in total. The first-order valence-electron chi connectivity index (χ1n) is 10.9. The molecule has 4 rings (SSSR count). The van der Waals surface area contributed by atoms with Crippen LogP contribution in [0.4, 0.5) is 0 Å². The van der Waals surface area contributed by atoms with E-state index in [0.717, 1.165) is 24.0 Å². The Balaban J connectivity index is 2.05. The summed E-state index contributed by atoms with van der Waals surface area (Å²) in [5, 5.41) is 20.6. The highest BCUT2D eigenvalue weighted by atomic mass is 16.3.